The van der Waals surface area contributed by atoms with Crippen LogP contribution in [0.1, 0.15) is 15.9 Å². The van der Waals surface area contributed by atoms with Crippen molar-refractivity contribution in [2.24, 2.45) is 0 Å². The maximum absolute atomic E-state index is 13.1. The lowest BCUT2D eigenvalue weighted by Crippen LogP contribution is -2.50. The minimum absolute atomic E-state index is 0.150. The van der Waals surface area contributed by atoms with E-state index in [0.717, 1.165) is 48.9 Å². The van der Waals surface area contributed by atoms with Crippen LogP contribution >= 0.6 is 0 Å². The molecule has 6 rings (SSSR count). The number of morpholine rings is 1. The zero-order valence-corrected chi connectivity index (χ0v) is 22.5. The smallest absolute Gasteiger partial charge is 0.321 e. The van der Waals surface area contributed by atoms with Crippen molar-refractivity contribution < 1.29 is 23.8 Å². The molecule has 2 N–H and O–H groups in total. The van der Waals surface area contributed by atoms with Crippen molar-refractivity contribution in [3.8, 4) is 11.5 Å². The Morgan fingerprint density at radius 3 is 2.23 bits per heavy atom. The summed E-state index contributed by atoms with van der Waals surface area (Å²) in [6.07, 6.45) is 0. The summed E-state index contributed by atoms with van der Waals surface area (Å²) in [5, 5.41) is 5.97. The van der Waals surface area contributed by atoms with Crippen LogP contribution in [0.5, 0.6) is 11.5 Å². The maximum Gasteiger partial charge on any atom is 0.321 e. The monoisotopic (exact) mass is 543 g/mol. The van der Waals surface area contributed by atoms with Crippen molar-refractivity contribution in [2.75, 3.05) is 79.7 Å². The first-order valence-corrected chi connectivity index (χ1v) is 13.6. The third-order valence-electron chi connectivity index (χ3n) is 7.50. The number of rotatable bonds is 5. The van der Waals surface area contributed by atoms with Crippen LogP contribution in [-0.2, 0) is 4.74 Å². The van der Waals surface area contributed by atoms with Crippen LogP contribution in [0.3, 0.4) is 0 Å². The van der Waals surface area contributed by atoms with E-state index in [2.05, 4.69) is 20.4 Å². The first kappa shape index (κ1) is 25.8. The highest BCUT2D eigenvalue weighted by Crippen LogP contribution is 2.34. The van der Waals surface area contributed by atoms with E-state index in [1.54, 1.807) is 23.1 Å². The first-order valence-electron chi connectivity index (χ1n) is 13.6. The van der Waals surface area contributed by atoms with Gasteiger partial charge in [0, 0.05) is 73.6 Å². The molecule has 0 aliphatic carbocycles. The van der Waals surface area contributed by atoms with E-state index in [9.17, 15) is 9.59 Å². The quantitative estimate of drug-likeness (QED) is 0.499. The predicted octanol–water partition coefficient (Wildman–Crippen LogP) is 4.17. The molecular weight excluding hydrogens is 510 g/mol. The third kappa shape index (κ3) is 5.62. The van der Waals surface area contributed by atoms with Crippen LogP contribution in [-0.4, -0.2) is 76.1 Å². The average Bonchev–Trinajstić information content (AvgIpc) is 3.46. The summed E-state index contributed by atoms with van der Waals surface area (Å²) in [5.41, 5.74) is 5.24. The van der Waals surface area contributed by atoms with Gasteiger partial charge in [0.1, 0.15) is 0 Å². The Labute approximate surface area is 233 Å². The number of ether oxygens (including phenoxy) is 3. The number of carbonyl (C=O) groups is 2. The van der Waals surface area contributed by atoms with Gasteiger partial charge in [-0.25, -0.2) is 4.79 Å². The molecule has 10 nitrogen and oxygen atoms in total. The number of nitrogens with zero attached hydrogens (tertiary/aromatic N) is 3. The van der Waals surface area contributed by atoms with Crippen molar-refractivity contribution in [2.45, 2.75) is 6.92 Å². The zero-order chi connectivity index (χ0) is 27.5. The fraction of sp³-hybridized carbons (Fsp3) is 0.333. The van der Waals surface area contributed by atoms with Crippen molar-refractivity contribution in [1.29, 1.82) is 0 Å². The van der Waals surface area contributed by atoms with Gasteiger partial charge >= 0.3 is 6.03 Å². The van der Waals surface area contributed by atoms with Crippen molar-refractivity contribution in [3.05, 3.63) is 71.8 Å². The molecule has 208 valence electrons. The Kier molecular flexibility index (Phi) is 7.33. The molecule has 3 aliphatic heterocycles. The van der Waals surface area contributed by atoms with Crippen molar-refractivity contribution in [3.63, 3.8) is 0 Å². The lowest BCUT2D eigenvalue weighted by Gasteiger charge is -2.37. The molecule has 3 heterocycles. The van der Waals surface area contributed by atoms with E-state index in [0.29, 0.717) is 48.9 Å². The third-order valence-corrected chi connectivity index (χ3v) is 7.50. The Balaban J connectivity index is 1.05. The maximum atomic E-state index is 13.1. The highest BCUT2D eigenvalue weighted by Gasteiger charge is 2.24. The lowest BCUT2D eigenvalue weighted by atomic mass is 10.1. The van der Waals surface area contributed by atoms with Crippen molar-refractivity contribution in [1.82, 2.24) is 4.90 Å². The number of benzene rings is 3. The van der Waals surface area contributed by atoms with Gasteiger partial charge in [0.15, 0.2) is 11.5 Å². The molecule has 2 saturated heterocycles. The van der Waals surface area contributed by atoms with Crippen LogP contribution in [0.25, 0.3) is 0 Å². The van der Waals surface area contributed by atoms with Gasteiger partial charge in [-0.3, -0.25) is 4.79 Å². The van der Waals surface area contributed by atoms with Crippen LogP contribution < -0.4 is 29.9 Å². The minimum atomic E-state index is -0.151. The number of piperazine rings is 1. The average molecular weight is 544 g/mol. The van der Waals surface area contributed by atoms with Gasteiger partial charge in [0.25, 0.3) is 5.91 Å². The largest absolute Gasteiger partial charge is 0.454 e. The lowest BCUT2D eigenvalue weighted by molar-refractivity contribution is 0.102. The van der Waals surface area contributed by atoms with Gasteiger partial charge in [-0.15, -0.1) is 0 Å². The summed E-state index contributed by atoms with van der Waals surface area (Å²) in [4.78, 5) is 32.3. The summed E-state index contributed by atoms with van der Waals surface area (Å²) in [7, 11) is 0. The SMILES string of the molecule is Cc1ccc(C(=O)Nc2ccc(N3CCOCC3)cc2)cc1N1CCN(C(=O)Nc2ccc3c(c2)OCO3)CC1. The van der Waals surface area contributed by atoms with Gasteiger partial charge in [0.05, 0.1) is 13.2 Å². The molecule has 3 aliphatic rings. The van der Waals surface area contributed by atoms with E-state index in [4.69, 9.17) is 14.2 Å². The standard InChI is InChI=1S/C30H33N5O5/c1-21-2-3-22(29(36)31-23-4-7-25(8-5-23)33-14-16-38-17-15-33)18-26(21)34-10-12-35(13-11-34)30(37)32-24-6-9-27-28(19-24)40-20-39-27/h2-9,18-19H,10-17,20H2,1H3,(H,31,36)(H,32,37). The first-order chi connectivity index (χ1) is 19.5. The molecule has 0 atom stereocenters. The topological polar surface area (TPSA) is 95.6 Å². The molecular formula is C30H33N5O5. The number of hydrogen-bond donors (Lipinski definition) is 2. The number of hydrogen-bond acceptors (Lipinski definition) is 7. The second-order valence-electron chi connectivity index (χ2n) is 10.1. The number of amides is 3. The minimum Gasteiger partial charge on any atom is -0.454 e. The molecule has 3 amide bonds. The van der Waals surface area contributed by atoms with E-state index in [1.165, 1.54) is 0 Å². The second kappa shape index (κ2) is 11.4. The Morgan fingerprint density at radius 1 is 0.725 bits per heavy atom. The highest BCUT2D eigenvalue weighted by atomic mass is 16.7. The van der Waals surface area contributed by atoms with Crippen LogP contribution in [0.2, 0.25) is 0 Å². The van der Waals surface area contributed by atoms with Gasteiger partial charge < -0.3 is 39.5 Å². The molecule has 40 heavy (non-hydrogen) atoms. The molecule has 3 aromatic rings. The Morgan fingerprint density at radius 2 is 1.45 bits per heavy atom. The summed E-state index contributed by atoms with van der Waals surface area (Å²) < 4.78 is 16.2. The number of carbonyl (C=O) groups excluding carboxylic acids is 2. The molecule has 0 bridgehead atoms. The number of aryl methyl sites for hydroxylation is 1. The molecule has 10 heteroatoms. The zero-order valence-electron chi connectivity index (χ0n) is 22.5. The normalized spacial score (nSPS) is 16.6. The molecule has 2 fully saturated rings. The summed E-state index contributed by atoms with van der Waals surface area (Å²) >= 11 is 0. The van der Waals surface area contributed by atoms with E-state index in [-0.39, 0.29) is 18.7 Å². The molecule has 0 radical (unpaired) electrons. The summed E-state index contributed by atoms with van der Waals surface area (Å²) in [6.45, 7) is 7.93. The fourth-order valence-corrected chi connectivity index (χ4v) is 5.20. The van der Waals surface area contributed by atoms with Crippen LogP contribution in [0.15, 0.2) is 60.7 Å². The van der Waals surface area contributed by atoms with Gasteiger partial charge in [0.2, 0.25) is 6.79 Å². The predicted molar refractivity (Wildman–Crippen MR) is 154 cm³/mol. The second-order valence-corrected chi connectivity index (χ2v) is 10.1. The fourth-order valence-electron chi connectivity index (χ4n) is 5.20. The van der Waals surface area contributed by atoms with Crippen LogP contribution in [0, 0.1) is 6.92 Å². The van der Waals surface area contributed by atoms with Gasteiger partial charge in [-0.2, -0.15) is 0 Å². The number of nitrogens with one attached hydrogen (secondary N) is 2. The number of fused-ring (bicyclic) bond motifs is 1. The Hall–Kier alpha value is -4.44. The molecule has 0 aromatic heterocycles. The van der Waals surface area contributed by atoms with Crippen molar-refractivity contribution >= 4 is 34.7 Å². The number of urea groups is 1. The van der Waals surface area contributed by atoms with E-state index < -0.39 is 0 Å². The molecule has 0 saturated carbocycles. The molecule has 0 spiro atoms. The van der Waals surface area contributed by atoms with Gasteiger partial charge in [-0.1, -0.05) is 6.07 Å². The molecule has 3 aromatic carbocycles. The van der Waals surface area contributed by atoms with Gasteiger partial charge in [-0.05, 0) is 61.0 Å². The van der Waals surface area contributed by atoms with E-state index in [1.807, 2.05) is 49.4 Å². The Bertz CT molecular complexity index is 1380. The number of anilines is 4. The van der Waals surface area contributed by atoms with E-state index >= 15 is 0 Å². The summed E-state index contributed by atoms with van der Waals surface area (Å²) in [6, 6.07) is 18.9. The van der Waals surface area contributed by atoms with Crippen LogP contribution in [0.4, 0.5) is 27.5 Å². The summed E-state index contributed by atoms with van der Waals surface area (Å²) in [5.74, 6) is 1.16. The molecule has 0 unspecified atom stereocenters. The highest BCUT2D eigenvalue weighted by molar-refractivity contribution is 6.05.